The van der Waals surface area contributed by atoms with Crippen molar-refractivity contribution in [1.29, 1.82) is 0 Å². The smallest absolute Gasteiger partial charge is 0.335 e. The Balaban J connectivity index is 0. The molecular formula is C6H12MnO7. The molecule has 0 aliphatic heterocycles. The Bertz CT molecular complexity index is 176. The second-order valence-corrected chi connectivity index (χ2v) is 2.51. The Kier molecular flexibility index (Phi) is 8.27. The van der Waals surface area contributed by atoms with Gasteiger partial charge in [0.2, 0.25) is 0 Å². The van der Waals surface area contributed by atoms with Crippen LogP contribution < -0.4 is 0 Å². The van der Waals surface area contributed by atoms with Crippen LogP contribution in [0.15, 0.2) is 0 Å². The van der Waals surface area contributed by atoms with Crippen molar-refractivity contribution >= 4 is 5.97 Å². The van der Waals surface area contributed by atoms with Crippen molar-refractivity contribution in [3.05, 3.63) is 0 Å². The van der Waals surface area contributed by atoms with Crippen LogP contribution in [0.3, 0.4) is 0 Å². The molecule has 0 aliphatic rings. The first kappa shape index (κ1) is 16.2. The first-order valence-corrected chi connectivity index (χ1v) is 3.47. The molecule has 6 N–H and O–H groups in total. The summed E-state index contributed by atoms with van der Waals surface area (Å²) in [5.41, 5.74) is 0. The molecule has 0 spiro atoms. The molecule has 4 unspecified atom stereocenters. The zero-order chi connectivity index (χ0) is 10.6. The zero-order valence-corrected chi connectivity index (χ0v) is 8.17. The summed E-state index contributed by atoms with van der Waals surface area (Å²) < 4.78 is 0. The third-order valence-corrected chi connectivity index (χ3v) is 1.51. The van der Waals surface area contributed by atoms with Crippen molar-refractivity contribution in [3.63, 3.8) is 0 Å². The molecule has 0 aromatic rings. The average molecular weight is 251 g/mol. The number of aliphatic hydroxyl groups excluding tert-OH is 5. The van der Waals surface area contributed by atoms with E-state index in [1.165, 1.54) is 0 Å². The van der Waals surface area contributed by atoms with Gasteiger partial charge in [-0.05, 0) is 0 Å². The minimum absolute atomic E-state index is 0. The minimum Gasteiger partial charge on any atom is -0.479 e. The Morgan fingerprint density at radius 1 is 1.07 bits per heavy atom. The Morgan fingerprint density at radius 3 is 1.79 bits per heavy atom. The van der Waals surface area contributed by atoms with E-state index in [4.69, 9.17) is 30.6 Å². The van der Waals surface area contributed by atoms with Crippen molar-refractivity contribution in [2.24, 2.45) is 0 Å². The molecule has 0 rings (SSSR count). The van der Waals surface area contributed by atoms with Crippen LogP contribution in [0.25, 0.3) is 0 Å². The number of carboxylic acids is 1. The van der Waals surface area contributed by atoms with E-state index >= 15 is 0 Å². The van der Waals surface area contributed by atoms with Gasteiger partial charge in [0, 0.05) is 17.1 Å². The number of carboxylic acid groups (broad SMARTS) is 1. The van der Waals surface area contributed by atoms with Gasteiger partial charge in [-0.1, -0.05) is 0 Å². The molecule has 0 fully saturated rings. The molecule has 14 heavy (non-hydrogen) atoms. The maximum atomic E-state index is 10.1. The molecule has 0 aromatic carbocycles. The fourth-order valence-corrected chi connectivity index (χ4v) is 0.668. The second-order valence-electron chi connectivity index (χ2n) is 2.51. The fraction of sp³-hybridized carbons (Fsp3) is 0.833. The topological polar surface area (TPSA) is 138 Å². The molecule has 1 radical (unpaired) electrons. The maximum absolute atomic E-state index is 10.1. The number of hydrogen-bond acceptors (Lipinski definition) is 6. The first-order chi connectivity index (χ1) is 5.91. The average Bonchev–Trinajstić information content (AvgIpc) is 2.12. The molecule has 0 amide bonds. The van der Waals surface area contributed by atoms with Crippen LogP contribution >= 0.6 is 0 Å². The van der Waals surface area contributed by atoms with Crippen molar-refractivity contribution in [3.8, 4) is 0 Å². The van der Waals surface area contributed by atoms with E-state index in [2.05, 4.69) is 0 Å². The molecule has 0 bridgehead atoms. The van der Waals surface area contributed by atoms with Crippen LogP contribution in [-0.2, 0) is 21.9 Å². The van der Waals surface area contributed by atoms with Gasteiger partial charge in [0.25, 0.3) is 0 Å². The molecular weight excluding hydrogens is 239 g/mol. The molecule has 0 saturated carbocycles. The van der Waals surface area contributed by atoms with E-state index in [1.54, 1.807) is 0 Å². The van der Waals surface area contributed by atoms with Crippen LogP contribution in [0.2, 0.25) is 0 Å². The van der Waals surface area contributed by atoms with Crippen LogP contribution in [0.5, 0.6) is 0 Å². The summed E-state index contributed by atoms with van der Waals surface area (Å²) >= 11 is 0. The number of aliphatic carboxylic acids is 1. The molecule has 0 aromatic heterocycles. The third-order valence-electron chi connectivity index (χ3n) is 1.51. The summed E-state index contributed by atoms with van der Waals surface area (Å²) in [6.07, 6.45) is -7.84. The van der Waals surface area contributed by atoms with Crippen LogP contribution in [0.4, 0.5) is 0 Å². The van der Waals surface area contributed by atoms with Crippen LogP contribution in [-0.4, -0.2) is 67.6 Å². The molecule has 85 valence electrons. The maximum Gasteiger partial charge on any atom is 0.335 e. The molecule has 0 saturated heterocycles. The summed E-state index contributed by atoms with van der Waals surface area (Å²) in [6.45, 7) is -0.843. The van der Waals surface area contributed by atoms with Crippen molar-refractivity contribution < 1.29 is 52.5 Å². The van der Waals surface area contributed by atoms with Gasteiger partial charge in [-0.2, -0.15) is 0 Å². The molecule has 8 heteroatoms. The Morgan fingerprint density at radius 2 is 1.50 bits per heavy atom. The van der Waals surface area contributed by atoms with Gasteiger partial charge in [0.15, 0.2) is 6.10 Å². The third kappa shape index (κ3) is 4.34. The molecule has 4 atom stereocenters. The first-order valence-electron chi connectivity index (χ1n) is 3.47. The van der Waals surface area contributed by atoms with E-state index in [0.29, 0.717) is 0 Å². The van der Waals surface area contributed by atoms with Crippen LogP contribution in [0, 0.1) is 0 Å². The Labute approximate surface area is 90.1 Å². The summed E-state index contributed by atoms with van der Waals surface area (Å²) in [6, 6.07) is 0. The van der Waals surface area contributed by atoms with Crippen molar-refractivity contribution in [2.45, 2.75) is 24.4 Å². The predicted octanol–water partition coefficient (Wildman–Crippen LogP) is -3.50. The van der Waals surface area contributed by atoms with Gasteiger partial charge >= 0.3 is 5.97 Å². The molecule has 0 aliphatic carbocycles. The molecule has 0 heterocycles. The number of aliphatic hydroxyl groups is 5. The summed E-state index contributed by atoms with van der Waals surface area (Å²) in [5, 5.41) is 51.8. The summed E-state index contributed by atoms with van der Waals surface area (Å²) in [7, 11) is 0. The van der Waals surface area contributed by atoms with Crippen molar-refractivity contribution in [2.75, 3.05) is 6.61 Å². The molecule has 7 nitrogen and oxygen atoms in total. The number of hydrogen-bond donors (Lipinski definition) is 6. The number of carbonyl (C=O) groups is 1. The van der Waals surface area contributed by atoms with Gasteiger partial charge in [0.1, 0.15) is 18.3 Å². The summed E-state index contributed by atoms with van der Waals surface area (Å²) in [4.78, 5) is 10.1. The number of rotatable bonds is 5. The van der Waals surface area contributed by atoms with E-state index in [9.17, 15) is 4.79 Å². The van der Waals surface area contributed by atoms with Gasteiger partial charge < -0.3 is 30.6 Å². The van der Waals surface area contributed by atoms with Crippen LogP contribution in [0.1, 0.15) is 0 Å². The van der Waals surface area contributed by atoms with Gasteiger partial charge in [-0.3, -0.25) is 0 Å². The standard InChI is InChI=1S/C6H12O7.Mn/c7-1-2(8)3(9)4(10)5(11)6(12)13;/h2-5,7-11H,1H2,(H,12,13);. The summed E-state index contributed by atoms with van der Waals surface area (Å²) in [5.74, 6) is -1.73. The SMILES string of the molecule is O=C(O)C(O)C(O)C(O)C(O)CO.[Mn]. The largest absolute Gasteiger partial charge is 0.479 e. The quantitative estimate of drug-likeness (QED) is 0.279. The minimum atomic E-state index is -2.20. The van der Waals surface area contributed by atoms with E-state index in [1.807, 2.05) is 0 Å². The zero-order valence-electron chi connectivity index (χ0n) is 6.99. The van der Waals surface area contributed by atoms with Gasteiger partial charge in [-0.25, -0.2) is 4.79 Å². The second kappa shape index (κ2) is 7.13. The monoisotopic (exact) mass is 251 g/mol. The Hall–Kier alpha value is -0.211. The van der Waals surface area contributed by atoms with Gasteiger partial charge in [0.05, 0.1) is 6.61 Å². The van der Waals surface area contributed by atoms with E-state index < -0.39 is 37.0 Å². The predicted molar refractivity (Wildman–Crippen MR) is 38.7 cm³/mol. The fourth-order valence-electron chi connectivity index (χ4n) is 0.668. The normalized spacial score (nSPS) is 18.9. The van der Waals surface area contributed by atoms with E-state index in [0.717, 1.165) is 0 Å². The van der Waals surface area contributed by atoms with Crippen molar-refractivity contribution in [1.82, 2.24) is 0 Å². The van der Waals surface area contributed by atoms with Gasteiger partial charge in [-0.15, -0.1) is 0 Å². The van der Waals surface area contributed by atoms with E-state index in [-0.39, 0.29) is 17.1 Å².